The minimum atomic E-state index is -0.936. The largest absolute Gasteiger partial charge is 0.497 e. The molecule has 1 amide bonds. The summed E-state index contributed by atoms with van der Waals surface area (Å²) in [6.45, 7) is 0.430. The molecule has 0 aromatic heterocycles. The van der Waals surface area contributed by atoms with Crippen LogP contribution in [0.2, 0.25) is 0 Å². The fourth-order valence-electron chi connectivity index (χ4n) is 2.93. The number of carboxylic acids is 1. The van der Waals surface area contributed by atoms with Crippen LogP contribution in [0.1, 0.15) is 33.9 Å². The summed E-state index contributed by atoms with van der Waals surface area (Å²) < 4.78 is 5.13. The maximum absolute atomic E-state index is 12.6. The van der Waals surface area contributed by atoms with E-state index in [-0.39, 0.29) is 12.3 Å². The van der Waals surface area contributed by atoms with Crippen molar-refractivity contribution in [2.75, 3.05) is 7.11 Å². The minimum Gasteiger partial charge on any atom is -0.497 e. The molecule has 0 saturated heterocycles. The van der Waals surface area contributed by atoms with E-state index < -0.39 is 12.0 Å². The lowest BCUT2D eigenvalue weighted by molar-refractivity contribution is -0.138. The Balaban J connectivity index is 1.94. The summed E-state index contributed by atoms with van der Waals surface area (Å²) in [5.74, 6) is -0.365. The quantitative estimate of drug-likeness (QED) is 0.922. The molecule has 5 heteroatoms. The SMILES string of the molecule is COc1ccc(C(CC(=O)O)N2Cc3ccccc3C2=O)cc1. The van der Waals surface area contributed by atoms with Crippen molar-refractivity contribution in [2.24, 2.45) is 0 Å². The van der Waals surface area contributed by atoms with Crippen LogP contribution in [-0.4, -0.2) is 29.0 Å². The molecule has 3 rings (SSSR count). The van der Waals surface area contributed by atoms with Gasteiger partial charge in [0, 0.05) is 12.1 Å². The van der Waals surface area contributed by atoms with E-state index in [9.17, 15) is 14.7 Å². The second-order valence-corrected chi connectivity index (χ2v) is 5.48. The smallest absolute Gasteiger partial charge is 0.305 e. The number of carbonyl (C=O) groups excluding carboxylic acids is 1. The van der Waals surface area contributed by atoms with E-state index in [1.165, 1.54) is 0 Å². The number of aliphatic carboxylic acids is 1. The van der Waals surface area contributed by atoms with E-state index in [4.69, 9.17) is 4.74 Å². The van der Waals surface area contributed by atoms with Crippen molar-refractivity contribution < 1.29 is 19.4 Å². The summed E-state index contributed by atoms with van der Waals surface area (Å²) in [5.41, 5.74) is 2.37. The number of benzene rings is 2. The maximum Gasteiger partial charge on any atom is 0.305 e. The van der Waals surface area contributed by atoms with Gasteiger partial charge in [-0.05, 0) is 29.3 Å². The van der Waals surface area contributed by atoms with Crippen molar-refractivity contribution in [2.45, 2.75) is 19.0 Å². The van der Waals surface area contributed by atoms with E-state index in [0.717, 1.165) is 11.1 Å². The maximum atomic E-state index is 12.6. The van der Waals surface area contributed by atoms with E-state index >= 15 is 0 Å². The van der Waals surface area contributed by atoms with Gasteiger partial charge < -0.3 is 14.7 Å². The Morgan fingerprint density at radius 2 is 1.91 bits per heavy atom. The number of amides is 1. The molecule has 23 heavy (non-hydrogen) atoms. The molecule has 1 heterocycles. The van der Waals surface area contributed by atoms with E-state index in [2.05, 4.69) is 0 Å². The van der Waals surface area contributed by atoms with Gasteiger partial charge >= 0.3 is 5.97 Å². The molecule has 0 spiro atoms. The fraction of sp³-hybridized carbons (Fsp3) is 0.222. The number of carbonyl (C=O) groups is 2. The van der Waals surface area contributed by atoms with Crippen LogP contribution in [0.25, 0.3) is 0 Å². The van der Waals surface area contributed by atoms with Crippen molar-refractivity contribution in [3.8, 4) is 5.75 Å². The van der Waals surface area contributed by atoms with Crippen LogP contribution in [0, 0.1) is 0 Å². The monoisotopic (exact) mass is 311 g/mol. The van der Waals surface area contributed by atoms with Crippen molar-refractivity contribution in [3.63, 3.8) is 0 Å². The predicted molar refractivity (Wildman–Crippen MR) is 84.3 cm³/mol. The van der Waals surface area contributed by atoms with Gasteiger partial charge in [-0.1, -0.05) is 30.3 Å². The average Bonchev–Trinajstić information content (AvgIpc) is 2.90. The fourth-order valence-corrected chi connectivity index (χ4v) is 2.93. The first-order chi connectivity index (χ1) is 11.1. The number of hydrogen-bond acceptors (Lipinski definition) is 3. The summed E-state index contributed by atoms with van der Waals surface area (Å²) in [4.78, 5) is 25.5. The second kappa shape index (κ2) is 6.12. The molecule has 0 fully saturated rings. The van der Waals surface area contributed by atoms with Gasteiger partial charge in [0.15, 0.2) is 0 Å². The molecule has 118 valence electrons. The number of nitrogens with zero attached hydrogens (tertiary/aromatic N) is 1. The molecule has 2 aromatic carbocycles. The van der Waals surface area contributed by atoms with Crippen LogP contribution < -0.4 is 4.74 Å². The summed E-state index contributed by atoms with van der Waals surface area (Å²) >= 11 is 0. The second-order valence-electron chi connectivity index (χ2n) is 5.48. The number of ether oxygens (including phenoxy) is 1. The number of hydrogen-bond donors (Lipinski definition) is 1. The Labute approximate surface area is 134 Å². The topological polar surface area (TPSA) is 66.8 Å². The van der Waals surface area contributed by atoms with Crippen LogP contribution in [0.4, 0.5) is 0 Å². The third kappa shape index (κ3) is 2.90. The Morgan fingerprint density at radius 3 is 2.52 bits per heavy atom. The summed E-state index contributed by atoms with van der Waals surface area (Å²) in [6, 6.07) is 14.1. The summed E-state index contributed by atoms with van der Waals surface area (Å²) in [5, 5.41) is 9.25. The van der Waals surface area contributed by atoms with Crippen LogP contribution >= 0.6 is 0 Å². The Bertz CT molecular complexity index is 739. The van der Waals surface area contributed by atoms with Gasteiger partial charge in [0.1, 0.15) is 5.75 Å². The highest BCUT2D eigenvalue weighted by atomic mass is 16.5. The standard InChI is InChI=1S/C18H17NO4/c1-23-14-8-6-12(7-9-14)16(10-17(20)21)19-11-13-4-2-3-5-15(13)18(19)22/h2-9,16H,10-11H2,1H3,(H,20,21). The highest BCUT2D eigenvalue weighted by Gasteiger charge is 2.34. The van der Waals surface area contributed by atoms with Gasteiger partial charge in [-0.15, -0.1) is 0 Å². The first-order valence-corrected chi connectivity index (χ1v) is 7.35. The molecule has 2 aromatic rings. The van der Waals surface area contributed by atoms with Gasteiger partial charge in [-0.25, -0.2) is 0 Å². The van der Waals surface area contributed by atoms with Crippen LogP contribution in [-0.2, 0) is 11.3 Å². The lowest BCUT2D eigenvalue weighted by Gasteiger charge is -2.27. The third-order valence-electron chi connectivity index (χ3n) is 4.09. The van der Waals surface area contributed by atoms with Gasteiger partial charge in [0.05, 0.1) is 19.6 Å². The van der Waals surface area contributed by atoms with E-state index in [1.807, 2.05) is 30.3 Å². The van der Waals surface area contributed by atoms with E-state index in [1.54, 1.807) is 30.2 Å². The number of methoxy groups -OCH3 is 1. The molecule has 1 aliphatic heterocycles. The van der Waals surface area contributed by atoms with Crippen molar-refractivity contribution in [1.29, 1.82) is 0 Å². The lowest BCUT2D eigenvalue weighted by Crippen LogP contribution is -2.30. The van der Waals surface area contributed by atoms with Crippen LogP contribution in [0.3, 0.4) is 0 Å². The first-order valence-electron chi connectivity index (χ1n) is 7.35. The zero-order chi connectivity index (χ0) is 16.4. The van der Waals surface area contributed by atoms with Crippen molar-refractivity contribution in [3.05, 3.63) is 65.2 Å². The molecular weight excluding hydrogens is 294 g/mol. The molecule has 1 atom stereocenters. The highest BCUT2D eigenvalue weighted by Crippen LogP contribution is 2.34. The van der Waals surface area contributed by atoms with Crippen molar-refractivity contribution in [1.82, 2.24) is 4.90 Å². The molecule has 1 aliphatic rings. The molecule has 0 bridgehead atoms. The number of fused-ring (bicyclic) bond motifs is 1. The molecule has 0 aliphatic carbocycles. The third-order valence-corrected chi connectivity index (χ3v) is 4.09. The van der Waals surface area contributed by atoms with Gasteiger partial charge in [0.25, 0.3) is 5.91 Å². The summed E-state index contributed by atoms with van der Waals surface area (Å²) in [6.07, 6.45) is -0.133. The van der Waals surface area contributed by atoms with Crippen molar-refractivity contribution >= 4 is 11.9 Å². The Morgan fingerprint density at radius 1 is 1.22 bits per heavy atom. The predicted octanol–water partition coefficient (Wildman–Crippen LogP) is 2.87. The number of rotatable bonds is 5. The Hall–Kier alpha value is -2.82. The lowest BCUT2D eigenvalue weighted by atomic mass is 10.0. The zero-order valence-corrected chi connectivity index (χ0v) is 12.7. The average molecular weight is 311 g/mol. The van der Waals surface area contributed by atoms with Crippen LogP contribution in [0.15, 0.2) is 48.5 Å². The molecule has 1 unspecified atom stereocenters. The summed E-state index contributed by atoms with van der Waals surface area (Å²) in [7, 11) is 1.57. The van der Waals surface area contributed by atoms with Gasteiger partial charge in [-0.3, -0.25) is 9.59 Å². The minimum absolute atomic E-state index is 0.123. The highest BCUT2D eigenvalue weighted by molar-refractivity contribution is 5.98. The van der Waals surface area contributed by atoms with Crippen LogP contribution in [0.5, 0.6) is 5.75 Å². The zero-order valence-electron chi connectivity index (χ0n) is 12.7. The van der Waals surface area contributed by atoms with E-state index in [0.29, 0.717) is 17.9 Å². The number of carboxylic acid groups (broad SMARTS) is 1. The molecule has 0 saturated carbocycles. The normalized spacial score (nSPS) is 14.5. The van der Waals surface area contributed by atoms with Gasteiger partial charge in [0.2, 0.25) is 0 Å². The van der Waals surface area contributed by atoms with Gasteiger partial charge in [-0.2, -0.15) is 0 Å². The molecule has 0 radical (unpaired) electrons. The molecular formula is C18H17NO4. The Kier molecular flexibility index (Phi) is 4.02. The molecule has 1 N–H and O–H groups in total. The molecule has 5 nitrogen and oxygen atoms in total. The first kappa shape index (κ1) is 15.1.